The number of aromatic nitrogens is 1. The van der Waals surface area contributed by atoms with Crippen LogP contribution in [-0.4, -0.2) is 22.0 Å². The molecule has 2 aromatic carbocycles. The Morgan fingerprint density at radius 2 is 1.81 bits per heavy atom. The van der Waals surface area contributed by atoms with E-state index >= 15 is 0 Å². The summed E-state index contributed by atoms with van der Waals surface area (Å²) in [6, 6.07) is 8.79. The van der Waals surface area contributed by atoms with Gasteiger partial charge in [-0.2, -0.15) is 0 Å². The molecule has 8 heteroatoms. The van der Waals surface area contributed by atoms with Crippen molar-refractivity contribution in [2.24, 2.45) is 5.73 Å². The Morgan fingerprint density at radius 3 is 2.42 bits per heavy atom. The fourth-order valence-corrected chi connectivity index (χ4v) is 2.37. The lowest BCUT2D eigenvalue weighted by Crippen LogP contribution is -2.14. The molecule has 0 saturated heterocycles. The molecule has 0 saturated carbocycles. The Morgan fingerprint density at radius 1 is 1.12 bits per heavy atom. The summed E-state index contributed by atoms with van der Waals surface area (Å²) in [5.74, 6) is -3.68. The molecule has 0 aliphatic rings. The number of ether oxygens (including phenoxy) is 1. The van der Waals surface area contributed by atoms with E-state index in [2.05, 4.69) is 4.98 Å². The molecule has 26 heavy (non-hydrogen) atoms. The molecule has 0 unspecified atom stereocenters. The number of carboxylic acid groups (broad SMARTS) is 1. The molecule has 0 spiro atoms. The van der Waals surface area contributed by atoms with Crippen LogP contribution >= 0.6 is 0 Å². The Labute approximate surface area is 145 Å². The molecule has 0 atom stereocenters. The standard InChI is InChI=1S/C18H12F2N2O4/c19-11-5-12-15(7-14(17(21)23)22-16(12)13(20)6-11)26-8-9-1-3-10(4-2-9)18(24)25/h1-7H,8H2,(H2,21,23)(H,24,25). The molecule has 1 aromatic heterocycles. The van der Waals surface area contributed by atoms with E-state index in [4.69, 9.17) is 15.6 Å². The monoisotopic (exact) mass is 358 g/mol. The number of fused-ring (bicyclic) bond motifs is 1. The van der Waals surface area contributed by atoms with Gasteiger partial charge in [-0.1, -0.05) is 12.1 Å². The van der Waals surface area contributed by atoms with E-state index < -0.39 is 23.5 Å². The summed E-state index contributed by atoms with van der Waals surface area (Å²) >= 11 is 0. The van der Waals surface area contributed by atoms with Gasteiger partial charge in [-0.3, -0.25) is 4.79 Å². The first kappa shape index (κ1) is 17.3. The van der Waals surface area contributed by atoms with Crippen LogP contribution in [0.2, 0.25) is 0 Å². The van der Waals surface area contributed by atoms with E-state index in [1.807, 2.05) is 0 Å². The summed E-state index contributed by atoms with van der Waals surface area (Å²) in [4.78, 5) is 26.1. The average Bonchev–Trinajstić information content (AvgIpc) is 2.60. The predicted molar refractivity (Wildman–Crippen MR) is 87.9 cm³/mol. The number of aromatic carboxylic acids is 1. The molecule has 3 aromatic rings. The van der Waals surface area contributed by atoms with Crippen LogP contribution in [0.15, 0.2) is 42.5 Å². The average molecular weight is 358 g/mol. The molecule has 3 rings (SSSR count). The zero-order valence-corrected chi connectivity index (χ0v) is 13.2. The number of rotatable bonds is 5. The van der Waals surface area contributed by atoms with Gasteiger partial charge in [-0.15, -0.1) is 0 Å². The highest BCUT2D eigenvalue weighted by Crippen LogP contribution is 2.29. The van der Waals surface area contributed by atoms with Crippen LogP contribution < -0.4 is 10.5 Å². The summed E-state index contributed by atoms with van der Waals surface area (Å²) < 4.78 is 33.1. The molecule has 6 nitrogen and oxygen atoms in total. The molecule has 0 aliphatic heterocycles. The number of primary amides is 1. The second-order valence-electron chi connectivity index (χ2n) is 5.44. The number of carbonyl (C=O) groups excluding carboxylic acids is 1. The van der Waals surface area contributed by atoms with E-state index in [0.717, 1.165) is 6.07 Å². The maximum Gasteiger partial charge on any atom is 0.335 e. The van der Waals surface area contributed by atoms with Crippen molar-refractivity contribution in [2.75, 3.05) is 0 Å². The van der Waals surface area contributed by atoms with Crippen molar-refractivity contribution >= 4 is 22.8 Å². The first-order valence-electron chi connectivity index (χ1n) is 7.40. The molecule has 1 heterocycles. The first-order valence-corrected chi connectivity index (χ1v) is 7.40. The van der Waals surface area contributed by atoms with Crippen LogP contribution in [0.3, 0.4) is 0 Å². The molecule has 0 radical (unpaired) electrons. The van der Waals surface area contributed by atoms with Gasteiger partial charge < -0.3 is 15.6 Å². The zero-order chi connectivity index (χ0) is 18.8. The van der Waals surface area contributed by atoms with Crippen LogP contribution in [0.5, 0.6) is 5.75 Å². The topological polar surface area (TPSA) is 103 Å². The number of hydrogen-bond donors (Lipinski definition) is 2. The Balaban J connectivity index is 1.97. The molecule has 1 amide bonds. The second-order valence-corrected chi connectivity index (χ2v) is 5.44. The van der Waals surface area contributed by atoms with Gasteiger partial charge in [0.1, 0.15) is 29.4 Å². The number of nitrogens with zero attached hydrogens (tertiary/aromatic N) is 1. The number of hydrogen-bond acceptors (Lipinski definition) is 4. The third kappa shape index (κ3) is 3.44. The van der Waals surface area contributed by atoms with E-state index in [1.165, 1.54) is 18.2 Å². The van der Waals surface area contributed by atoms with Crippen molar-refractivity contribution in [3.8, 4) is 5.75 Å². The van der Waals surface area contributed by atoms with Crippen LogP contribution in [0, 0.1) is 11.6 Å². The van der Waals surface area contributed by atoms with Crippen LogP contribution in [-0.2, 0) is 6.61 Å². The quantitative estimate of drug-likeness (QED) is 0.730. The van der Waals surface area contributed by atoms with Crippen molar-refractivity contribution in [1.82, 2.24) is 4.98 Å². The minimum absolute atomic E-state index is 0.0185. The maximum absolute atomic E-state index is 14.0. The summed E-state index contributed by atoms with van der Waals surface area (Å²) in [5.41, 5.74) is 5.47. The number of carboxylic acids is 1. The summed E-state index contributed by atoms with van der Waals surface area (Å²) in [6.07, 6.45) is 0. The highest BCUT2D eigenvalue weighted by molar-refractivity contribution is 5.96. The SMILES string of the molecule is NC(=O)c1cc(OCc2ccc(C(=O)O)cc2)c2cc(F)cc(F)c2n1. The number of halogens is 2. The van der Waals surface area contributed by atoms with Gasteiger partial charge in [0.2, 0.25) is 0 Å². The number of amides is 1. The van der Waals surface area contributed by atoms with E-state index in [-0.39, 0.29) is 34.5 Å². The van der Waals surface area contributed by atoms with Crippen LogP contribution in [0.4, 0.5) is 8.78 Å². The normalized spacial score (nSPS) is 10.7. The van der Waals surface area contributed by atoms with Crippen LogP contribution in [0.1, 0.15) is 26.4 Å². The molecular formula is C18H12F2N2O4. The van der Waals surface area contributed by atoms with Crippen molar-refractivity contribution in [1.29, 1.82) is 0 Å². The Kier molecular flexibility index (Phi) is 4.49. The molecular weight excluding hydrogens is 346 g/mol. The van der Waals surface area contributed by atoms with Gasteiger partial charge in [0.15, 0.2) is 5.82 Å². The Hall–Kier alpha value is -3.55. The van der Waals surface area contributed by atoms with Gasteiger partial charge in [0.25, 0.3) is 5.91 Å². The fraction of sp³-hybridized carbons (Fsp3) is 0.0556. The third-order valence-electron chi connectivity index (χ3n) is 3.64. The molecule has 0 bridgehead atoms. The lowest BCUT2D eigenvalue weighted by atomic mass is 10.1. The van der Waals surface area contributed by atoms with Gasteiger partial charge in [-0.25, -0.2) is 18.6 Å². The predicted octanol–water partition coefficient (Wildman–Crippen LogP) is 2.89. The van der Waals surface area contributed by atoms with E-state index in [1.54, 1.807) is 12.1 Å². The van der Waals surface area contributed by atoms with Gasteiger partial charge in [-0.05, 0) is 23.8 Å². The Bertz CT molecular complexity index is 1020. The fourth-order valence-electron chi connectivity index (χ4n) is 2.37. The number of benzene rings is 2. The van der Waals surface area contributed by atoms with Crippen LogP contribution in [0.25, 0.3) is 10.9 Å². The summed E-state index contributed by atoms with van der Waals surface area (Å²) in [6.45, 7) is -0.0185. The summed E-state index contributed by atoms with van der Waals surface area (Å²) in [7, 11) is 0. The lowest BCUT2D eigenvalue weighted by Gasteiger charge is -2.11. The van der Waals surface area contributed by atoms with Crippen molar-refractivity contribution in [3.63, 3.8) is 0 Å². The third-order valence-corrected chi connectivity index (χ3v) is 3.64. The number of nitrogens with two attached hydrogens (primary N) is 1. The maximum atomic E-state index is 14.0. The van der Waals surface area contributed by atoms with Crippen molar-refractivity contribution in [3.05, 3.63) is 70.9 Å². The lowest BCUT2D eigenvalue weighted by molar-refractivity contribution is 0.0696. The molecule has 132 valence electrons. The first-order chi connectivity index (χ1) is 12.3. The zero-order valence-electron chi connectivity index (χ0n) is 13.2. The van der Waals surface area contributed by atoms with Gasteiger partial charge >= 0.3 is 5.97 Å². The highest BCUT2D eigenvalue weighted by Gasteiger charge is 2.15. The molecule has 0 aliphatic carbocycles. The highest BCUT2D eigenvalue weighted by atomic mass is 19.1. The smallest absolute Gasteiger partial charge is 0.335 e. The van der Waals surface area contributed by atoms with Gasteiger partial charge in [0.05, 0.1) is 5.56 Å². The number of pyridine rings is 1. The molecule has 3 N–H and O–H groups in total. The minimum Gasteiger partial charge on any atom is -0.488 e. The largest absolute Gasteiger partial charge is 0.488 e. The number of carbonyl (C=O) groups is 2. The van der Waals surface area contributed by atoms with Crippen molar-refractivity contribution in [2.45, 2.75) is 6.61 Å². The summed E-state index contributed by atoms with van der Waals surface area (Å²) in [5, 5.41) is 8.93. The van der Waals surface area contributed by atoms with E-state index in [0.29, 0.717) is 11.6 Å². The molecule has 0 fully saturated rings. The van der Waals surface area contributed by atoms with Crippen molar-refractivity contribution < 1.29 is 28.2 Å². The van der Waals surface area contributed by atoms with Gasteiger partial charge in [0, 0.05) is 17.5 Å². The minimum atomic E-state index is -1.06. The second kappa shape index (κ2) is 6.75. The van der Waals surface area contributed by atoms with E-state index in [9.17, 15) is 18.4 Å².